The van der Waals surface area contributed by atoms with Gasteiger partial charge in [0.25, 0.3) is 0 Å². The number of hydrogen-bond donors (Lipinski definition) is 0. The average molecular weight is 392 g/mol. The molecule has 0 radical (unpaired) electrons. The number of sulfone groups is 1. The maximum Gasteiger partial charge on any atom is 0.352 e. The molecule has 0 saturated heterocycles. The maximum absolute atomic E-state index is 13.4. The fourth-order valence-corrected chi connectivity index (χ4v) is 4.87. The second kappa shape index (κ2) is 6.42. The summed E-state index contributed by atoms with van der Waals surface area (Å²) in [5, 5.41) is 0. The third kappa shape index (κ3) is 2.82. The summed E-state index contributed by atoms with van der Waals surface area (Å²) in [6.07, 6.45) is 5.40. The Hall–Kier alpha value is -3.25. The molecule has 0 bridgehead atoms. The minimum Gasteiger partial charge on any atom is -0.441 e. The Balaban J connectivity index is 2.01. The third-order valence-corrected chi connectivity index (χ3v) is 6.52. The number of ether oxygens (including phenoxy) is 1. The predicted octanol–water partition coefficient (Wildman–Crippen LogP) is 3.17. The lowest BCUT2D eigenvalue weighted by Gasteiger charge is -2.26. The summed E-state index contributed by atoms with van der Waals surface area (Å²) < 4.78 is 32.2. The van der Waals surface area contributed by atoms with Crippen LogP contribution in [0.25, 0.3) is 5.57 Å². The lowest BCUT2D eigenvalue weighted by atomic mass is 9.85. The van der Waals surface area contributed by atoms with Crippen LogP contribution in [0.1, 0.15) is 11.1 Å². The average Bonchev–Trinajstić information content (AvgIpc) is 2.98. The smallest absolute Gasteiger partial charge is 0.352 e. The quantitative estimate of drug-likeness (QED) is 0.750. The molecule has 1 spiro atoms. The van der Waals surface area contributed by atoms with Crippen LogP contribution < -0.4 is 0 Å². The van der Waals surface area contributed by atoms with E-state index in [4.69, 9.17) is 4.74 Å². The molecule has 0 aromatic heterocycles. The lowest BCUT2D eigenvalue weighted by molar-refractivity contribution is -0.140. The van der Waals surface area contributed by atoms with Gasteiger partial charge in [0.05, 0.1) is 4.90 Å². The van der Waals surface area contributed by atoms with Crippen LogP contribution in [0.15, 0.2) is 88.7 Å². The highest BCUT2D eigenvalue weighted by Crippen LogP contribution is 2.46. The van der Waals surface area contributed by atoms with Gasteiger partial charge >= 0.3 is 5.97 Å². The van der Waals surface area contributed by atoms with E-state index in [1.165, 1.54) is 36.4 Å². The number of benzene rings is 2. The van der Waals surface area contributed by atoms with Crippen LogP contribution in [0.5, 0.6) is 0 Å². The second-order valence-corrected chi connectivity index (χ2v) is 8.52. The molecular formula is C22H16O5S. The summed E-state index contributed by atoms with van der Waals surface area (Å²) in [6.45, 7) is 1.85. The SMILES string of the molecule is Cc1ccc(S(=O)(=O)C2=C(c3ccccc3)C3(C=CC(=O)C=C3)OC2=O)cc1. The first-order chi connectivity index (χ1) is 13.3. The molecule has 5 nitrogen and oxygen atoms in total. The van der Waals surface area contributed by atoms with Crippen LogP contribution >= 0.6 is 0 Å². The van der Waals surface area contributed by atoms with Crippen LogP contribution in [0, 0.1) is 6.92 Å². The van der Waals surface area contributed by atoms with Gasteiger partial charge in [-0.05, 0) is 48.9 Å². The van der Waals surface area contributed by atoms with Crippen LogP contribution in [0.2, 0.25) is 0 Å². The molecule has 0 N–H and O–H groups in total. The molecule has 140 valence electrons. The predicted molar refractivity (Wildman–Crippen MR) is 104 cm³/mol. The first kappa shape index (κ1) is 18.1. The third-order valence-electron chi connectivity index (χ3n) is 4.72. The van der Waals surface area contributed by atoms with E-state index in [0.717, 1.165) is 5.56 Å². The Morgan fingerprint density at radius 1 is 0.857 bits per heavy atom. The molecular weight excluding hydrogens is 376 g/mol. The zero-order chi connectivity index (χ0) is 19.9. The molecule has 1 aliphatic heterocycles. The molecule has 28 heavy (non-hydrogen) atoms. The molecule has 4 rings (SSSR count). The number of carbonyl (C=O) groups is 2. The van der Waals surface area contributed by atoms with Gasteiger partial charge in [0.15, 0.2) is 16.3 Å². The summed E-state index contributed by atoms with van der Waals surface area (Å²) in [6, 6.07) is 15.0. The van der Waals surface area contributed by atoms with E-state index in [1.807, 2.05) is 6.92 Å². The Labute approximate surface area is 162 Å². The monoisotopic (exact) mass is 392 g/mol. The molecule has 0 amide bonds. The van der Waals surface area contributed by atoms with Gasteiger partial charge in [0.2, 0.25) is 9.84 Å². The fraction of sp³-hybridized carbons (Fsp3) is 0.0909. The van der Waals surface area contributed by atoms with Gasteiger partial charge in [-0.3, -0.25) is 4.79 Å². The zero-order valence-electron chi connectivity index (χ0n) is 15.0. The highest BCUT2D eigenvalue weighted by molar-refractivity contribution is 7.96. The van der Waals surface area contributed by atoms with E-state index >= 15 is 0 Å². The number of carbonyl (C=O) groups excluding carboxylic acids is 2. The molecule has 1 heterocycles. The standard InChI is InChI=1S/C22H16O5S/c1-15-7-9-18(10-8-15)28(25,26)20-19(16-5-3-2-4-6-16)22(27-21(20)24)13-11-17(23)12-14-22/h2-14H,1H3. The summed E-state index contributed by atoms with van der Waals surface area (Å²) in [5.74, 6) is -1.20. The van der Waals surface area contributed by atoms with E-state index in [0.29, 0.717) is 5.56 Å². The van der Waals surface area contributed by atoms with Crippen molar-refractivity contribution < 1.29 is 22.7 Å². The van der Waals surface area contributed by atoms with Gasteiger partial charge in [-0.2, -0.15) is 0 Å². The molecule has 1 aliphatic carbocycles. The van der Waals surface area contributed by atoms with Gasteiger partial charge in [0, 0.05) is 5.57 Å². The van der Waals surface area contributed by atoms with Crippen molar-refractivity contribution in [2.24, 2.45) is 0 Å². The molecule has 0 fully saturated rings. The fourth-order valence-electron chi connectivity index (χ4n) is 3.33. The van der Waals surface area contributed by atoms with E-state index in [-0.39, 0.29) is 16.3 Å². The summed E-state index contributed by atoms with van der Waals surface area (Å²) in [5.41, 5.74) is 0.208. The Morgan fingerprint density at radius 3 is 2.07 bits per heavy atom. The highest BCUT2D eigenvalue weighted by atomic mass is 32.2. The van der Waals surface area contributed by atoms with Crippen LogP contribution in [0.4, 0.5) is 0 Å². The van der Waals surface area contributed by atoms with Crippen molar-refractivity contribution in [1.29, 1.82) is 0 Å². The minimum atomic E-state index is -4.14. The molecule has 0 unspecified atom stereocenters. The van der Waals surface area contributed by atoms with Gasteiger partial charge in [-0.15, -0.1) is 0 Å². The summed E-state index contributed by atoms with van der Waals surface area (Å²) in [4.78, 5) is 24.0. The van der Waals surface area contributed by atoms with E-state index in [1.54, 1.807) is 42.5 Å². The molecule has 6 heteroatoms. The van der Waals surface area contributed by atoms with E-state index < -0.39 is 26.3 Å². The molecule has 0 saturated carbocycles. The number of allylic oxidation sites excluding steroid dienone is 2. The van der Waals surface area contributed by atoms with Crippen molar-refractivity contribution in [3.05, 3.63) is 94.9 Å². The van der Waals surface area contributed by atoms with Crippen LogP contribution in [0.3, 0.4) is 0 Å². The normalized spacial score (nSPS) is 18.0. The zero-order valence-corrected chi connectivity index (χ0v) is 15.8. The largest absolute Gasteiger partial charge is 0.441 e. The van der Waals surface area contributed by atoms with Crippen molar-refractivity contribution in [3.63, 3.8) is 0 Å². The van der Waals surface area contributed by atoms with E-state index in [2.05, 4.69) is 0 Å². The van der Waals surface area contributed by atoms with Crippen molar-refractivity contribution in [1.82, 2.24) is 0 Å². The van der Waals surface area contributed by atoms with Gasteiger partial charge in [0.1, 0.15) is 0 Å². The summed E-state index contributed by atoms with van der Waals surface area (Å²) >= 11 is 0. The number of aryl methyl sites for hydroxylation is 1. The highest BCUT2D eigenvalue weighted by Gasteiger charge is 2.50. The Bertz CT molecular complexity index is 1150. The Morgan fingerprint density at radius 2 is 1.46 bits per heavy atom. The molecule has 2 aromatic rings. The van der Waals surface area contributed by atoms with Gasteiger partial charge in [-0.25, -0.2) is 13.2 Å². The number of rotatable bonds is 3. The number of esters is 1. The van der Waals surface area contributed by atoms with Crippen LogP contribution in [-0.2, 0) is 24.2 Å². The molecule has 2 aliphatic rings. The Kier molecular flexibility index (Phi) is 4.16. The number of hydrogen-bond acceptors (Lipinski definition) is 5. The molecule has 0 atom stereocenters. The van der Waals surface area contributed by atoms with Crippen LogP contribution in [-0.4, -0.2) is 25.8 Å². The minimum absolute atomic E-state index is 0.00961. The van der Waals surface area contributed by atoms with Gasteiger partial charge < -0.3 is 4.74 Å². The van der Waals surface area contributed by atoms with Crippen molar-refractivity contribution >= 4 is 27.2 Å². The van der Waals surface area contributed by atoms with Gasteiger partial charge in [-0.1, -0.05) is 48.0 Å². The van der Waals surface area contributed by atoms with Crippen molar-refractivity contribution in [3.8, 4) is 0 Å². The topological polar surface area (TPSA) is 77.5 Å². The maximum atomic E-state index is 13.4. The van der Waals surface area contributed by atoms with Crippen molar-refractivity contribution in [2.75, 3.05) is 0 Å². The second-order valence-electron chi connectivity index (χ2n) is 6.64. The van der Waals surface area contributed by atoms with E-state index in [9.17, 15) is 18.0 Å². The molecule has 2 aromatic carbocycles. The summed E-state index contributed by atoms with van der Waals surface area (Å²) in [7, 11) is -4.14. The number of ketones is 1. The first-order valence-corrected chi connectivity index (χ1v) is 10.1. The lowest BCUT2D eigenvalue weighted by Crippen LogP contribution is -2.28. The van der Waals surface area contributed by atoms with Crippen molar-refractivity contribution in [2.45, 2.75) is 17.4 Å². The first-order valence-electron chi connectivity index (χ1n) is 8.61.